The number of nitrogens with zero attached hydrogens (tertiary/aromatic N) is 3. The van der Waals surface area contributed by atoms with Gasteiger partial charge in [0.2, 0.25) is 0 Å². The number of rotatable bonds is 5. The Morgan fingerprint density at radius 2 is 0.811 bits per heavy atom. The lowest BCUT2D eigenvalue weighted by atomic mass is 9.99. The van der Waals surface area contributed by atoms with Crippen molar-refractivity contribution in [3.63, 3.8) is 0 Å². The molecule has 8 aromatic carbocycles. The summed E-state index contributed by atoms with van der Waals surface area (Å²) in [5.41, 5.74) is 10.4. The van der Waals surface area contributed by atoms with Gasteiger partial charge in [-0.2, -0.15) is 0 Å². The van der Waals surface area contributed by atoms with Gasteiger partial charge in [-0.25, -0.2) is 15.0 Å². The second-order valence-electron chi connectivity index (χ2n) is 14.5. The van der Waals surface area contributed by atoms with Crippen LogP contribution in [0.4, 0.5) is 0 Å². The van der Waals surface area contributed by atoms with Crippen molar-refractivity contribution >= 4 is 40.0 Å². The molecule has 0 aliphatic carbocycles. The van der Waals surface area contributed by atoms with Crippen molar-refractivity contribution in [2.45, 2.75) is 13.1 Å². The SMILES string of the molecule is C[Si]1(C)c2c(-c3nc(-c4ccc(-c5ccccc5)cc4)nc(-c4ccc5cc(-c6ccccc6)ccc5c4)n3)cccc2-c2ccc3ccccc3c21. The molecular weight excluding hydrogens is 659 g/mol. The molecular formula is C49H35N3Si. The van der Waals surface area contributed by atoms with Crippen LogP contribution in [0.5, 0.6) is 0 Å². The summed E-state index contributed by atoms with van der Waals surface area (Å²) in [5.74, 6) is 2.05. The summed E-state index contributed by atoms with van der Waals surface area (Å²) in [5, 5.41) is 7.85. The highest BCUT2D eigenvalue weighted by atomic mass is 28.3. The van der Waals surface area contributed by atoms with Crippen molar-refractivity contribution in [2.24, 2.45) is 0 Å². The Morgan fingerprint density at radius 3 is 1.55 bits per heavy atom. The molecule has 0 bridgehead atoms. The summed E-state index contributed by atoms with van der Waals surface area (Å²) >= 11 is 0. The number of aromatic nitrogens is 3. The molecule has 0 fully saturated rings. The average molecular weight is 694 g/mol. The van der Waals surface area contributed by atoms with Crippen LogP contribution >= 0.6 is 0 Å². The molecule has 0 amide bonds. The Hall–Kier alpha value is -6.49. The van der Waals surface area contributed by atoms with Crippen molar-refractivity contribution < 1.29 is 0 Å². The third-order valence-corrected chi connectivity index (χ3v) is 14.4. The van der Waals surface area contributed by atoms with Gasteiger partial charge in [0.15, 0.2) is 17.5 Å². The maximum Gasteiger partial charge on any atom is 0.164 e. The molecule has 0 saturated heterocycles. The number of fused-ring (bicyclic) bond motifs is 6. The Balaban J connectivity index is 1.14. The third-order valence-electron chi connectivity index (χ3n) is 10.9. The molecule has 53 heavy (non-hydrogen) atoms. The van der Waals surface area contributed by atoms with Crippen LogP contribution < -0.4 is 10.4 Å². The second kappa shape index (κ2) is 12.3. The maximum absolute atomic E-state index is 5.30. The van der Waals surface area contributed by atoms with Crippen LogP contribution in [0, 0.1) is 0 Å². The molecule has 1 aliphatic heterocycles. The minimum absolute atomic E-state index is 0.669. The molecule has 2 heterocycles. The van der Waals surface area contributed by atoms with Crippen molar-refractivity contribution in [3.8, 4) is 67.5 Å². The van der Waals surface area contributed by atoms with Gasteiger partial charge in [0.1, 0.15) is 8.07 Å². The van der Waals surface area contributed by atoms with E-state index in [4.69, 9.17) is 15.0 Å². The highest BCUT2D eigenvalue weighted by Gasteiger charge is 2.41. The van der Waals surface area contributed by atoms with Crippen LogP contribution in [0.15, 0.2) is 176 Å². The van der Waals surface area contributed by atoms with E-state index in [1.807, 2.05) is 6.07 Å². The van der Waals surface area contributed by atoms with E-state index in [0.29, 0.717) is 17.5 Å². The molecule has 0 unspecified atom stereocenters. The summed E-state index contributed by atoms with van der Waals surface area (Å²) in [4.78, 5) is 15.8. The van der Waals surface area contributed by atoms with Crippen LogP contribution in [0.1, 0.15) is 0 Å². The zero-order chi connectivity index (χ0) is 35.5. The standard InChI is InChI=1S/C49H35N3Si/c1-53(2)45-41-17-10-9-16-35(41)28-29-43(45)42-18-11-19-44(46(42)53)49-51-47(36-22-20-34(21-23-36)32-12-5-3-6-13-32)50-48(52-49)40-27-26-38-30-37(24-25-39(38)31-40)33-14-7-4-8-15-33/h3-31H,1-2H3. The average Bonchev–Trinajstić information content (AvgIpc) is 3.47. The normalized spacial score (nSPS) is 12.9. The second-order valence-corrected chi connectivity index (χ2v) is 18.7. The Kier molecular flexibility index (Phi) is 7.27. The van der Waals surface area contributed by atoms with Gasteiger partial charge in [0, 0.05) is 16.7 Å². The van der Waals surface area contributed by atoms with E-state index in [1.54, 1.807) is 0 Å². The highest BCUT2D eigenvalue weighted by molar-refractivity contribution is 7.05. The lowest BCUT2D eigenvalue weighted by molar-refractivity contribution is 1.08. The van der Waals surface area contributed by atoms with Gasteiger partial charge in [-0.3, -0.25) is 0 Å². The minimum atomic E-state index is -2.18. The van der Waals surface area contributed by atoms with Gasteiger partial charge in [0.05, 0.1) is 0 Å². The summed E-state index contributed by atoms with van der Waals surface area (Å²) in [6, 6.07) is 62.8. The summed E-state index contributed by atoms with van der Waals surface area (Å²) in [6.45, 7) is 4.96. The molecule has 250 valence electrons. The molecule has 3 nitrogen and oxygen atoms in total. The quantitative estimate of drug-likeness (QED) is 0.168. The van der Waals surface area contributed by atoms with Gasteiger partial charge in [-0.1, -0.05) is 177 Å². The van der Waals surface area contributed by atoms with Gasteiger partial charge in [-0.05, 0) is 77.4 Å². The Bertz CT molecular complexity index is 2850. The van der Waals surface area contributed by atoms with E-state index in [1.165, 1.54) is 54.3 Å². The van der Waals surface area contributed by atoms with Crippen LogP contribution in [0.25, 0.3) is 89.1 Å². The van der Waals surface area contributed by atoms with Gasteiger partial charge in [0.25, 0.3) is 0 Å². The fraction of sp³-hybridized carbons (Fsp3) is 0.0408. The van der Waals surface area contributed by atoms with Crippen molar-refractivity contribution in [3.05, 3.63) is 176 Å². The van der Waals surface area contributed by atoms with E-state index < -0.39 is 8.07 Å². The minimum Gasteiger partial charge on any atom is -0.208 e. The fourth-order valence-electron chi connectivity index (χ4n) is 8.32. The molecule has 10 rings (SSSR count). The van der Waals surface area contributed by atoms with Crippen molar-refractivity contribution in [1.29, 1.82) is 0 Å². The Labute approximate surface area is 310 Å². The topological polar surface area (TPSA) is 38.7 Å². The van der Waals surface area contributed by atoms with E-state index in [0.717, 1.165) is 27.6 Å². The molecule has 1 aliphatic rings. The van der Waals surface area contributed by atoms with E-state index in [9.17, 15) is 0 Å². The first kappa shape index (κ1) is 31.3. The predicted octanol–water partition coefficient (Wildman–Crippen LogP) is 11.3. The molecule has 0 N–H and O–H groups in total. The first-order valence-corrected chi connectivity index (χ1v) is 21.2. The number of hydrogen-bond donors (Lipinski definition) is 0. The van der Waals surface area contributed by atoms with E-state index >= 15 is 0 Å². The van der Waals surface area contributed by atoms with Gasteiger partial charge in [-0.15, -0.1) is 0 Å². The van der Waals surface area contributed by atoms with Crippen molar-refractivity contribution in [2.75, 3.05) is 0 Å². The summed E-state index contributed by atoms with van der Waals surface area (Å²) in [7, 11) is -2.18. The molecule has 4 heteroatoms. The molecule has 0 spiro atoms. The molecule has 0 saturated carbocycles. The van der Waals surface area contributed by atoms with E-state index in [2.05, 4.69) is 183 Å². The predicted molar refractivity (Wildman–Crippen MR) is 224 cm³/mol. The molecule has 9 aromatic rings. The lowest BCUT2D eigenvalue weighted by Gasteiger charge is -2.23. The molecule has 1 aromatic heterocycles. The smallest absolute Gasteiger partial charge is 0.164 e. The van der Waals surface area contributed by atoms with Crippen LogP contribution in [0.2, 0.25) is 13.1 Å². The fourth-order valence-corrected chi connectivity index (χ4v) is 12.1. The van der Waals surface area contributed by atoms with Gasteiger partial charge < -0.3 is 0 Å². The zero-order valence-electron chi connectivity index (χ0n) is 29.6. The largest absolute Gasteiger partial charge is 0.208 e. The summed E-state index contributed by atoms with van der Waals surface area (Å²) in [6.07, 6.45) is 0. The Morgan fingerprint density at radius 1 is 0.321 bits per heavy atom. The monoisotopic (exact) mass is 693 g/mol. The number of benzene rings is 8. The van der Waals surface area contributed by atoms with Crippen LogP contribution in [-0.4, -0.2) is 23.0 Å². The maximum atomic E-state index is 5.30. The third kappa shape index (κ3) is 5.30. The number of hydrogen-bond acceptors (Lipinski definition) is 3. The lowest BCUT2D eigenvalue weighted by Crippen LogP contribution is -2.50. The molecule has 0 atom stereocenters. The zero-order valence-corrected chi connectivity index (χ0v) is 30.6. The highest BCUT2D eigenvalue weighted by Crippen LogP contribution is 2.37. The first-order chi connectivity index (χ1) is 26.0. The van der Waals surface area contributed by atoms with E-state index in [-0.39, 0.29) is 0 Å². The van der Waals surface area contributed by atoms with Crippen LogP contribution in [-0.2, 0) is 0 Å². The first-order valence-electron chi connectivity index (χ1n) is 18.2. The summed E-state index contributed by atoms with van der Waals surface area (Å²) < 4.78 is 0. The van der Waals surface area contributed by atoms with Gasteiger partial charge >= 0.3 is 0 Å². The molecule has 0 radical (unpaired) electrons. The van der Waals surface area contributed by atoms with Crippen molar-refractivity contribution in [1.82, 2.24) is 15.0 Å². The van der Waals surface area contributed by atoms with Crippen LogP contribution in [0.3, 0.4) is 0 Å².